The Balaban J connectivity index is 1.85. The molecule has 0 radical (unpaired) electrons. The number of rotatable bonds is 4. The molecule has 5 heteroatoms. The van der Waals surface area contributed by atoms with Crippen molar-refractivity contribution in [2.45, 2.75) is 25.8 Å². The normalized spacial score (nSPS) is 21.8. The molecule has 1 aromatic carbocycles. The lowest BCUT2D eigenvalue weighted by Crippen LogP contribution is -2.47. The zero-order valence-electron chi connectivity index (χ0n) is 13.8. The van der Waals surface area contributed by atoms with Crippen LogP contribution in [-0.4, -0.2) is 50.3 Å². The van der Waals surface area contributed by atoms with Crippen molar-refractivity contribution in [3.63, 3.8) is 0 Å². The third-order valence-electron chi connectivity index (χ3n) is 4.72. The van der Waals surface area contributed by atoms with Gasteiger partial charge < -0.3 is 14.8 Å². The largest absolute Gasteiger partial charge is 0.427 e. The van der Waals surface area contributed by atoms with Crippen LogP contribution in [0.5, 0.6) is 5.75 Å². The molecule has 3 rings (SSSR count). The molecule has 0 saturated carbocycles. The van der Waals surface area contributed by atoms with Gasteiger partial charge >= 0.3 is 5.97 Å². The molecule has 23 heavy (non-hydrogen) atoms. The van der Waals surface area contributed by atoms with Gasteiger partial charge in [-0.2, -0.15) is 0 Å². The highest BCUT2D eigenvalue weighted by atomic mass is 16.5. The molecule has 1 atom stereocenters. The maximum atomic E-state index is 11.2. The number of ether oxygens (including phenoxy) is 2. The van der Waals surface area contributed by atoms with Gasteiger partial charge in [-0.05, 0) is 36.5 Å². The van der Waals surface area contributed by atoms with Crippen molar-refractivity contribution in [3.05, 3.63) is 29.8 Å². The smallest absolute Gasteiger partial charge is 0.308 e. The summed E-state index contributed by atoms with van der Waals surface area (Å²) in [6.45, 7) is 7.30. The van der Waals surface area contributed by atoms with Crippen LogP contribution in [0.4, 0.5) is 0 Å². The first-order chi connectivity index (χ1) is 11.2. The number of benzene rings is 1. The molecule has 2 heterocycles. The summed E-state index contributed by atoms with van der Waals surface area (Å²) in [6, 6.07) is 8.40. The second kappa shape index (κ2) is 7.90. The molecule has 1 N–H and O–H groups in total. The maximum Gasteiger partial charge on any atom is 0.308 e. The summed E-state index contributed by atoms with van der Waals surface area (Å²) >= 11 is 0. The van der Waals surface area contributed by atoms with E-state index < -0.39 is 0 Å². The quantitative estimate of drug-likeness (QED) is 0.679. The van der Waals surface area contributed by atoms with Crippen LogP contribution in [0, 0.1) is 5.92 Å². The zero-order valence-corrected chi connectivity index (χ0v) is 13.8. The average Bonchev–Trinajstić information content (AvgIpc) is 2.57. The minimum absolute atomic E-state index is 0.271. The standard InChI is InChI=1S/C18H26N2O3/c1-14(21)23-17-4-2-3-16(13-17)18(15-5-11-22-12-6-15)20-9-7-19-8-10-20/h2-4,13,15,18-19H,5-12H2,1H3/t18-/m0/s1. The topological polar surface area (TPSA) is 50.8 Å². The van der Waals surface area contributed by atoms with Crippen LogP contribution in [0.1, 0.15) is 31.4 Å². The fourth-order valence-electron chi connectivity index (χ4n) is 3.70. The van der Waals surface area contributed by atoms with Gasteiger partial charge in [0.15, 0.2) is 0 Å². The van der Waals surface area contributed by atoms with E-state index in [9.17, 15) is 4.79 Å². The lowest BCUT2D eigenvalue weighted by atomic mass is 9.85. The van der Waals surface area contributed by atoms with Crippen molar-refractivity contribution in [3.8, 4) is 5.75 Å². The molecule has 0 unspecified atom stereocenters. The van der Waals surface area contributed by atoms with E-state index in [1.807, 2.05) is 18.2 Å². The van der Waals surface area contributed by atoms with E-state index in [1.54, 1.807) is 0 Å². The highest BCUT2D eigenvalue weighted by molar-refractivity contribution is 5.69. The predicted octanol–water partition coefficient (Wildman–Crippen LogP) is 1.98. The lowest BCUT2D eigenvalue weighted by Gasteiger charge is -2.41. The van der Waals surface area contributed by atoms with Gasteiger partial charge in [-0.3, -0.25) is 9.69 Å². The van der Waals surface area contributed by atoms with E-state index in [1.165, 1.54) is 12.5 Å². The molecule has 5 nitrogen and oxygen atoms in total. The summed E-state index contributed by atoms with van der Waals surface area (Å²) in [7, 11) is 0. The Kier molecular flexibility index (Phi) is 5.65. The van der Waals surface area contributed by atoms with Gasteiger partial charge in [-0.25, -0.2) is 0 Å². The summed E-state index contributed by atoms with van der Waals surface area (Å²) in [5.74, 6) is 0.962. The van der Waals surface area contributed by atoms with Gasteiger partial charge in [0.1, 0.15) is 5.75 Å². The summed E-state index contributed by atoms with van der Waals surface area (Å²) in [5.41, 5.74) is 1.25. The van der Waals surface area contributed by atoms with Crippen LogP contribution in [0.2, 0.25) is 0 Å². The monoisotopic (exact) mass is 318 g/mol. The van der Waals surface area contributed by atoms with Crippen molar-refractivity contribution in [1.82, 2.24) is 10.2 Å². The highest BCUT2D eigenvalue weighted by Crippen LogP contribution is 2.36. The summed E-state index contributed by atoms with van der Waals surface area (Å²) in [6.07, 6.45) is 2.18. The lowest BCUT2D eigenvalue weighted by molar-refractivity contribution is -0.131. The second-order valence-electron chi connectivity index (χ2n) is 6.35. The summed E-state index contributed by atoms with van der Waals surface area (Å²) < 4.78 is 10.8. The van der Waals surface area contributed by atoms with Crippen molar-refractivity contribution in [1.29, 1.82) is 0 Å². The first-order valence-electron chi connectivity index (χ1n) is 8.55. The van der Waals surface area contributed by atoms with E-state index in [0.717, 1.165) is 52.2 Å². The molecule has 2 aliphatic rings. The van der Waals surface area contributed by atoms with Gasteiger partial charge in [0, 0.05) is 52.4 Å². The van der Waals surface area contributed by atoms with E-state index in [2.05, 4.69) is 16.3 Å². The van der Waals surface area contributed by atoms with E-state index >= 15 is 0 Å². The molecule has 0 aromatic heterocycles. The van der Waals surface area contributed by atoms with Crippen LogP contribution in [-0.2, 0) is 9.53 Å². The minimum Gasteiger partial charge on any atom is -0.427 e. The number of hydrogen-bond donors (Lipinski definition) is 1. The van der Waals surface area contributed by atoms with Crippen molar-refractivity contribution < 1.29 is 14.3 Å². The Labute approximate surface area is 137 Å². The van der Waals surface area contributed by atoms with Crippen molar-refractivity contribution in [2.75, 3.05) is 39.4 Å². The zero-order chi connectivity index (χ0) is 16.1. The Bertz CT molecular complexity index is 505. The molecule has 126 valence electrons. The SMILES string of the molecule is CC(=O)Oc1cccc([C@H](C2CCOCC2)N2CCNCC2)c1. The molecule has 1 aromatic rings. The Morgan fingerprint density at radius 2 is 2.04 bits per heavy atom. The fourth-order valence-corrected chi connectivity index (χ4v) is 3.70. The Hall–Kier alpha value is -1.43. The number of esters is 1. The molecule has 0 bridgehead atoms. The minimum atomic E-state index is -0.271. The highest BCUT2D eigenvalue weighted by Gasteiger charge is 2.31. The number of carbonyl (C=O) groups excluding carboxylic acids is 1. The molecule has 2 aliphatic heterocycles. The number of nitrogens with zero attached hydrogens (tertiary/aromatic N) is 1. The molecular weight excluding hydrogens is 292 g/mol. The average molecular weight is 318 g/mol. The van der Waals surface area contributed by atoms with E-state index in [0.29, 0.717) is 17.7 Å². The van der Waals surface area contributed by atoms with Crippen molar-refractivity contribution in [2.24, 2.45) is 5.92 Å². The molecule has 2 fully saturated rings. The molecule has 0 amide bonds. The third-order valence-corrected chi connectivity index (χ3v) is 4.72. The number of carbonyl (C=O) groups is 1. The Morgan fingerprint density at radius 1 is 1.30 bits per heavy atom. The van der Waals surface area contributed by atoms with Gasteiger partial charge in [0.05, 0.1) is 0 Å². The summed E-state index contributed by atoms with van der Waals surface area (Å²) in [5, 5.41) is 3.43. The predicted molar refractivity (Wildman–Crippen MR) is 88.5 cm³/mol. The van der Waals surface area contributed by atoms with Crippen LogP contribution >= 0.6 is 0 Å². The van der Waals surface area contributed by atoms with Gasteiger partial charge in [0.25, 0.3) is 0 Å². The number of nitrogens with one attached hydrogen (secondary N) is 1. The van der Waals surface area contributed by atoms with Crippen LogP contribution < -0.4 is 10.1 Å². The summed E-state index contributed by atoms with van der Waals surface area (Å²) in [4.78, 5) is 13.8. The van der Waals surface area contributed by atoms with E-state index in [4.69, 9.17) is 9.47 Å². The van der Waals surface area contributed by atoms with Gasteiger partial charge in [0.2, 0.25) is 0 Å². The Morgan fingerprint density at radius 3 is 2.74 bits per heavy atom. The van der Waals surface area contributed by atoms with Crippen LogP contribution in [0.25, 0.3) is 0 Å². The van der Waals surface area contributed by atoms with E-state index in [-0.39, 0.29) is 5.97 Å². The van der Waals surface area contributed by atoms with Gasteiger partial charge in [-0.15, -0.1) is 0 Å². The first kappa shape index (κ1) is 16.4. The second-order valence-corrected chi connectivity index (χ2v) is 6.35. The van der Waals surface area contributed by atoms with Crippen LogP contribution in [0.3, 0.4) is 0 Å². The maximum absolute atomic E-state index is 11.2. The number of hydrogen-bond acceptors (Lipinski definition) is 5. The third kappa shape index (κ3) is 4.31. The van der Waals surface area contributed by atoms with Crippen LogP contribution in [0.15, 0.2) is 24.3 Å². The fraction of sp³-hybridized carbons (Fsp3) is 0.611. The van der Waals surface area contributed by atoms with Gasteiger partial charge in [-0.1, -0.05) is 12.1 Å². The van der Waals surface area contributed by atoms with Crippen molar-refractivity contribution >= 4 is 5.97 Å². The molecule has 0 spiro atoms. The molecular formula is C18H26N2O3. The number of piperazine rings is 1. The first-order valence-corrected chi connectivity index (χ1v) is 8.55. The molecule has 2 saturated heterocycles. The molecule has 0 aliphatic carbocycles.